The minimum Gasteiger partial charge on any atom is -0.506 e. The Morgan fingerprint density at radius 2 is 1.86 bits per heavy atom. The van der Waals surface area contributed by atoms with E-state index in [1.54, 1.807) is 20.3 Å². The summed E-state index contributed by atoms with van der Waals surface area (Å²) in [6.45, 7) is 3.07. The number of aromatic hydroxyl groups is 1. The van der Waals surface area contributed by atoms with Crippen LogP contribution >= 0.6 is 0 Å². The summed E-state index contributed by atoms with van der Waals surface area (Å²) in [4.78, 5) is 6.80. The van der Waals surface area contributed by atoms with E-state index in [-0.39, 0.29) is 5.75 Å². The normalized spacial score (nSPS) is 14.1. The minimum atomic E-state index is 0.0196. The zero-order valence-electron chi connectivity index (χ0n) is 17.1. The van der Waals surface area contributed by atoms with Gasteiger partial charge in [0.25, 0.3) is 0 Å². The first-order valence-electron chi connectivity index (χ1n) is 9.97. The third-order valence-corrected chi connectivity index (χ3v) is 5.34. The molecule has 1 aliphatic rings. The molecular weight excluding hydrogens is 370 g/mol. The molecule has 0 atom stereocenters. The van der Waals surface area contributed by atoms with E-state index < -0.39 is 0 Å². The van der Waals surface area contributed by atoms with Crippen molar-refractivity contribution < 1.29 is 19.8 Å². The molecule has 3 rings (SSSR count). The predicted molar refractivity (Wildman–Crippen MR) is 111 cm³/mol. The van der Waals surface area contributed by atoms with Crippen LogP contribution < -0.4 is 9.47 Å². The largest absolute Gasteiger partial charge is 0.506 e. The summed E-state index contributed by atoms with van der Waals surface area (Å²) < 4.78 is 10.8. The lowest BCUT2D eigenvalue weighted by atomic mass is 9.98. The molecule has 156 valence electrons. The molecule has 1 aromatic carbocycles. The second-order valence-electron chi connectivity index (χ2n) is 7.26. The van der Waals surface area contributed by atoms with Crippen LogP contribution in [0.2, 0.25) is 0 Å². The smallest absolute Gasteiger partial charge is 0.161 e. The van der Waals surface area contributed by atoms with Crippen molar-refractivity contribution in [2.24, 2.45) is 5.16 Å². The summed E-state index contributed by atoms with van der Waals surface area (Å²) in [5.41, 5.74) is 3.86. The van der Waals surface area contributed by atoms with Crippen LogP contribution in [0.4, 0.5) is 0 Å². The molecule has 0 saturated carbocycles. The van der Waals surface area contributed by atoms with E-state index in [1.807, 2.05) is 6.07 Å². The number of hydrogen-bond donors (Lipinski definition) is 2. The minimum absolute atomic E-state index is 0.0196. The molecule has 0 bridgehead atoms. The summed E-state index contributed by atoms with van der Waals surface area (Å²) in [5, 5.41) is 21.2. The number of rotatable bonds is 9. The highest BCUT2D eigenvalue weighted by atomic mass is 16.5. The Morgan fingerprint density at radius 1 is 1.10 bits per heavy atom. The van der Waals surface area contributed by atoms with Crippen LogP contribution in [0, 0.1) is 0 Å². The van der Waals surface area contributed by atoms with Gasteiger partial charge in [0.15, 0.2) is 11.5 Å². The Bertz CT molecular complexity index is 854. The van der Waals surface area contributed by atoms with Gasteiger partial charge in [0.1, 0.15) is 11.4 Å². The number of pyridine rings is 1. The second-order valence-corrected chi connectivity index (χ2v) is 7.26. The summed E-state index contributed by atoms with van der Waals surface area (Å²) >= 11 is 0. The lowest BCUT2D eigenvalue weighted by Crippen LogP contribution is -2.31. The molecule has 29 heavy (non-hydrogen) atoms. The predicted octanol–water partition coefficient (Wildman–Crippen LogP) is 3.38. The van der Waals surface area contributed by atoms with Crippen molar-refractivity contribution >= 4 is 6.21 Å². The number of unbranched alkanes of at least 4 members (excludes halogenated alkanes) is 2. The van der Waals surface area contributed by atoms with Gasteiger partial charge >= 0.3 is 0 Å². The fourth-order valence-corrected chi connectivity index (χ4v) is 3.75. The monoisotopic (exact) mass is 399 g/mol. The van der Waals surface area contributed by atoms with Gasteiger partial charge < -0.3 is 19.8 Å². The highest BCUT2D eigenvalue weighted by Crippen LogP contribution is 2.33. The number of nitrogens with zero attached hydrogens (tertiary/aromatic N) is 3. The Kier molecular flexibility index (Phi) is 7.30. The van der Waals surface area contributed by atoms with Gasteiger partial charge in [-0.1, -0.05) is 11.6 Å². The van der Waals surface area contributed by atoms with Crippen LogP contribution in [0.3, 0.4) is 0 Å². The Morgan fingerprint density at radius 3 is 2.59 bits per heavy atom. The molecule has 2 aromatic rings. The van der Waals surface area contributed by atoms with Gasteiger partial charge in [-0.05, 0) is 67.6 Å². The second kappa shape index (κ2) is 10.1. The highest BCUT2D eigenvalue weighted by Gasteiger charge is 2.19. The Hall–Kier alpha value is -2.80. The average Bonchev–Trinajstić information content (AvgIpc) is 2.74. The molecule has 1 aromatic heterocycles. The number of ether oxygens (including phenoxy) is 2. The number of oxime groups is 1. The maximum absolute atomic E-state index is 9.67. The van der Waals surface area contributed by atoms with Crippen LogP contribution in [0.25, 0.3) is 0 Å². The van der Waals surface area contributed by atoms with Crippen LogP contribution in [0.15, 0.2) is 29.4 Å². The number of benzene rings is 1. The van der Waals surface area contributed by atoms with Crippen molar-refractivity contribution in [1.29, 1.82) is 0 Å². The molecule has 0 amide bonds. The van der Waals surface area contributed by atoms with Crippen LogP contribution in [-0.2, 0) is 19.4 Å². The van der Waals surface area contributed by atoms with E-state index in [4.69, 9.17) is 14.7 Å². The maximum atomic E-state index is 9.67. The van der Waals surface area contributed by atoms with E-state index in [1.165, 1.54) is 11.1 Å². The molecule has 0 radical (unpaired) electrons. The van der Waals surface area contributed by atoms with Gasteiger partial charge in [-0.15, -0.1) is 0 Å². The van der Waals surface area contributed by atoms with E-state index in [9.17, 15) is 5.11 Å². The van der Waals surface area contributed by atoms with E-state index in [0.29, 0.717) is 5.69 Å². The fraction of sp³-hybridized carbons (Fsp3) is 0.455. The first-order valence-corrected chi connectivity index (χ1v) is 9.97. The molecule has 0 fully saturated rings. The van der Waals surface area contributed by atoms with Crippen LogP contribution in [0.5, 0.6) is 17.2 Å². The molecule has 0 unspecified atom stereocenters. The molecule has 0 spiro atoms. The first kappa shape index (κ1) is 20.9. The lowest BCUT2D eigenvalue weighted by Gasteiger charge is -2.29. The van der Waals surface area contributed by atoms with Crippen molar-refractivity contribution in [2.45, 2.75) is 38.6 Å². The van der Waals surface area contributed by atoms with Crippen molar-refractivity contribution in [3.63, 3.8) is 0 Å². The average molecular weight is 399 g/mol. The first-order chi connectivity index (χ1) is 14.1. The molecule has 0 saturated heterocycles. The van der Waals surface area contributed by atoms with Crippen LogP contribution in [0.1, 0.15) is 41.8 Å². The lowest BCUT2D eigenvalue weighted by molar-refractivity contribution is 0.247. The number of methoxy groups -OCH3 is 2. The number of hydrogen-bond acceptors (Lipinski definition) is 7. The van der Waals surface area contributed by atoms with Crippen molar-refractivity contribution in [3.8, 4) is 17.2 Å². The van der Waals surface area contributed by atoms with Gasteiger partial charge in [-0.25, -0.2) is 4.98 Å². The van der Waals surface area contributed by atoms with Gasteiger partial charge in [0.2, 0.25) is 0 Å². The fourth-order valence-electron chi connectivity index (χ4n) is 3.75. The van der Waals surface area contributed by atoms with Crippen LogP contribution in [-0.4, -0.2) is 53.7 Å². The van der Waals surface area contributed by atoms with Gasteiger partial charge in [0, 0.05) is 18.8 Å². The van der Waals surface area contributed by atoms with E-state index >= 15 is 0 Å². The number of aryl methyl sites for hydroxylation is 1. The van der Waals surface area contributed by atoms with Gasteiger partial charge in [0.05, 0.1) is 20.4 Å². The summed E-state index contributed by atoms with van der Waals surface area (Å²) in [6, 6.07) is 7.61. The quantitative estimate of drug-likeness (QED) is 0.291. The molecule has 2 N–H and O–H groups in total. The Balaban J connectivity index is 1.45. The topological polar surface area (TPSA) is 87.4 Å². The van der Waals surface area contributed by atoms with Crippen molar-refractivity contribution in [2.75, 3.05) is 27.3 Å². The molecule has 2 heterocycles. The molecule has 1 aliphatic heterocycles. The van der Waals surface area contributed by atoms with Crippen molar-refractivity contribution in [3.05, 3.63) is 46.8 Å². The molecule has 7 heteroatoms. The standard InChI is InChI=1S/C22H29N3O4/c1-28-21-12-16-9-11-25(15-17(16)13-22(21)29-2)10-5-3-4-6-18-7-8-20(26)19(24-18)14-23-27/h7-8,12-14,26-27H,3-6,9-11,15H2,1-2H3/b23-14+. The van der Waals surface area contributed by atoms with Gasteiger partial charge in [-0.2, -0.15) is 0 Å². The summed E-state index contributed by atoms with van der Waals surface area (Å²) in [7, 11) is 3.35. The molecular formula is C22H29N3O4. The zero-order chi connectivity index (χ0) is 20.6. The number of fused-ring (bicyclic) bond motifs is 1. The zero-order valence-corrected chi connectivity index (χ0v) is 17.1. The molecule has 7 nitrogen and oxygen atoms in total. The van der Waals surface area contributed by atoms with Crippen molar-refractivity contribution in [1.82, 2.24) is 9.88 Å². The van der Waals surface area contributed by atoms with E-state index in [2.05, 4.69) is 27.2 Å². The number of aromatic nitrogens is 1. The highest BCUT2D eigenvalue weighted by molar-refractivity contribution is 5.80. The third-order valence-electron chi connectivity index (χ3n) is 5.34. The molecule has 0 aliphatic carbocycles. The maximum Gasteiger partial charge on any atom is 0.161 e. The van der Waals surface area contributed by atoms with Gasteiger partial charge in [-0.3, -0.25) is 4.90 Å². The summed E-state index contributed by atoms with van der Waals surface area (Å²) in [5.74, 6) is 1.61. The third kappa shape index (κ3) is 5.38. The van der Waals surface area contributed by atoms with E-state index in [0.717, 1.165) is 75.1 Å². The SMILES string of the molecule is COc1cc2c(cc1OC)CN(CCCCCc1ccc(O)c(/C=N/O)n1)CC2. The summed E-state index contributed by atoms with van der Waals surface area (Å²) in [6.07, 6.45) is 6.29. The Labute approximate surface area is 171 Å².